The number of nitrogens with one attached hydrogen (secondary N) is 1. The number of hydrogen-bond donors (Lipinski definition) is 2. The number of carbonyl (C=O) groups is 1. The van der Waals surface area contributed by atoms with Crippen LogP contribution in [0.4, 0.5) is 5.69 Å². The molecule has 0 saturated heterocycles. The van der Waals surface area contributed by atoms with E-state index in [0.29, 0.717) is 21.8 Å². The fourth-order valence-electron chi connectivity index (χ4n) is 2.29. The third-order valence-corrected chi connectivity index (χ3v) is 3.75. The molecule has 1 aromatic heterocycles. The number of rotatable bonds is 2. The van der Waals surface area contributed by atoms with Gasteiger partial charge in [0, 0.05) is 33.9 Å². The first kappa shape index (κ1) is 12.8. The number of nitrogen functional groups attached to an aromatic ring is 1. The van der Waals surface area contributed by atoms with E-state index in [0.717, 1.165) is 16.5 Å². The largest absolute Gasteiger partial charge is 0.399 e. The Morgan fingerprint density at radius 3 is 2.80 bits per heavy atom. The maximum atomic E-state index is 12.6. The molecule has 0 unspecified atom stereocenters. The molecule has 3 aromatic rings. The zero-order valence-corrected chi connectivity index (χ0v) is 11.7. The van der Waals surface area contributed by atoms with Gasteiger partial charge in [0.2, 0.25) is 0 Å². The Morgan fingerprint density at radius 2 is 2.05 bits per heavy atom. The van der Waals surface area contributed by atoms with Gasteiger partial charge < -0.3 is 10.7 Å². The Kier molecular flexibility index (Phi) is 2.99. The van der Waals surface area contributed by atoms with E-state index < -0.39 is 0 Å². The summed E-state index contributed by atoms with van der Waals surface area (Å²) in [5.41, 5.74) is 9.40. The van der Waals surface area contributed by atoms with E-state index in [1.807, 2.05) is 19.1 Å². The van der Waals surface area contributed by atoms with Gasteiger partial charge in [0.15, 0.2) is 5.78 Å². The number of fused-ring (bicyclic) bond motifs is 1. The van der Waals surface area contributed by atoms with Crippen molar-refractivity contribution < 1.29 is 4.79 Å². The summed E-state index contributed by atoms with van der Waals surface area (Å²) in [6, 6.07) is 10.8. The molecule has 20 heavy (non-hydrogen) atoms. The van der Waals surface area contributed by atoms with Crippen LogP contribution >= 0.6 is 11.6 Å². The smallest absolute Gasteiger partial charge is 0.195 e. The van der Waals surface area contributed by atoms with Crippen LogP contribution in [-0.4, -0.2) is 10.8 Å². The zero-order chi connectivity index (χ0) is 14.3. The maximum absolute atomic E-state index is 12.6. The second kappa shape index (κ2) is 4.69. The van der Waals surface area contributed by atoms with Gasteiger partial charge in [-0.1, -0.05) is 17.7 Å². The molecule has 0 fully saturated rings. The second-order valence-electron chi connectivity index (χ2n) is 4.77. The fourth-order valence-corrected chi connectivity index (χ4v) is 2.57. The number of aromatic amines is 1. The molecule has 0 aliphatic rings. The molecule has 1 heterocycles. The minimum Gasteiger partial charge on any atom is -0.399 e. The monoisotopic (exact) mass is 284 g/mol. The average Bonchev–Trinajstić information content (AvgIpc) is 2.86. The van der Waals surface area contributed by atoms with Gasteiger partial charge in [0.25, 0.3) is 0 Å². The number of H-pyrrole nitrogens is 1. The van der Waals surface area contributed by atoms with Crippen LogP contribution in [0.15, 0.2) is 42.6 Å². The topological polar surface area (TPSA) is 58.9 Å². The van der Waals surface area contributed by atoms with Crippen molar-refractivity contribution in [1.29, 1.82) is 0 Å². The average molecular weight is 285 g/mol. The second-order valence-corrected chi connectivity index (χ2v) is 5.17. The van der Waals surface area contributed by atoms with Gasteiger partial charge in [0.05, 0.1) is 5.02 Å². The van der Waals surface area contributed by atoms with E-state index in [4.69, 9.17) is 17.3 Å². The van der Waals surface area contributed by atoms with E-state index in [1.165, 1.54) is 0 Å². The standard InChI is InChI=1S/C16H13ClN2O/c1-9-7-10(5-6-13(9)18)16(20)11-8-19-14-4-2-3-12(17)15(11)14/h2-8,19H,18H2,1H3. The molecule has 100 valence electrons. The molecule has 3 rings (SSSR count). The molecule has 3 nitrogen and oxygen atoms in total. The molecule has 0 atom stereocenters. The summed E-state index contributed by atoms with van der Waals surface area (Å²) >= 11 is 6.20. The van der Waals surface area contributed by atoms with Gasteiger partial charge in [-0.2, -0.15) is 0 Å². The summed E-state index contributed by atoms with van der Waals surface area (Å²) in [6.07, 6.45) is 1.70. The SMILES string of the molecule is Cc1cc(C(=O)c2c[nH]c3cccc(Cl)c23)ccc1N. The summed E-state index contributed by atoms with van der Waals surface area (Å²) in [4.78, 5) is 15.7. The Hall–Kier alpha value is -2.26. The lowest BCUT2D eigenvalue weighted by molar-refractivity contribution is 0.104. The highest BCUT2D eigenvalue weighted by molar-refractivity contribution is 6.37. The predicted octanol–water partition coefficient (Wildman–Crippen LogP) is 3.94. The first-order valence-corrected chi connectivity index (χ1v) is 6.62. The molecular weight excluding hydrogens is 272 g/mol. The van der Waals surface area contributed by atoms with Crippen LogP contribution in [0.5, 0.6) is 0 Å². The van der Waals surface area contributed by atoms with E-state index >= 15 is 0 Å². The predicted molar refractivity (Wildman–Crippen MR) is 82.3 cm³/mol. The highest BCUT2D eigenvalue weighted by Crippen LogP contribution is 2.28. The highest BCUT2D eigenvalue weighted by Gasteiger charge is 2.16. The number of benzene rings is 2. The van der Waals surface area contributed by atoms with E-state index in [2.05, 4.69) is 4.98 Å². The summed E-state index contributed by atoms with van der Waals surface area (Å²) in [6.45, 7) is 1.88. The first-order valence-electron chi connectivity index (χ1n) is 6.24. The van der Waals surface area contributed by atoms with Gasteiger partial charge in [-0.15, -0.1) is 0 Å². The minimum absolute atomic E-state index is 0.0625. The highest BCUT2D eigenvalue weighted by atomic mass is 35.5. The number of anilines is 1. The fraction of sp³-hybridized carbons (Fsp3) is 0.0625. The van der Waals surface area contributed by atoms with Crippen LogP contribution in [0.1, 0.15) is 21.5 Å². The van der Waals surface area contributed by atoms with Crippen molar-refractivity contribution in [3.8, 4) is 0 Å². The molecule has 0 amide bonds. The number of nitrogens with two attached hydrogens (primary N) is 1. The number of hydrogen-bond acceptors (Lipinski definition) is 2. The van der Waals surface area contributed by atoms with Crippen LogP contribution in [0, 0.1) is 6.92 Å². The van der Waals surface area contributed by atoms with Crippen LogP contribution in [-0.2, 0) is 0 Å². The van der Waals surface area contributed by atoms with Crippen molar-refractivity contribution >= 4 is 34.0 Å². The zero-order valence-electron chi connectivity index (χ0n) is 10.9. The number of carbonyl (C=O) groups excluding carboxylic acids is 1. The van der Waals surface area contributed by atoms with Crippen LogP contribution < -0.4 is 5.73 Å². The molecule has 0 spiro atoms. The molecule has 4 heteroatoms. The molecule has 0 bridgehead atoms. The molecule has 0 saturated carbocycles. The molecule has 0 radical (unpaired) electrons. The van der Waals surface area contributed by atoms with Crippen LogP contribution in [0.3, 0.4) is 0 Å². The number of halogens is 1. The molecule has 3 N–H and O–H groups in total. The van der Waals surface area contributed by atoms with Gasteiger partial charge in [0.1, 0.15) is 0 Å². The van der Waals surface area contributed by atoms with E-state index in [1.54, 1.807) is 30.5 Å². The van der Waals surface area contributed by atoms with E-state index in [-0.39, 0.29) is 5.78 Å². The molecular formula is C16H13ClN2O. The van der Waals surface area contributed by atoms with Crippen molar-refractivity contribution in [2.24, 2.45) is 0 Å². The van der Waals surface area contributed by atoms with Crippen molar-refractivity contribution in [3.63, 3.8) is 0 Å². The first-order chi connectivity index (χ1) is 9.58. The lowest BCUT2D eigenvalue weighted by atomic mass is 10.0. The van der Waals surface area contributed by atoms with E-state index in [9.17, 15) is 4.79 Å². The third-order valence-electron chi connectivity index (χ3n) is 3.43. The van der Waals surface area contributed by atoms with Crippen LogP contribution in [0.25, 0.3) is 10.9 Å². The lowest BCUT2D eigenvalue weighted by Gasteiger charge is -2.04. The molecule has 0 aliphatic carbocycles. The van der Waals surface area contributed by atoms with Gasteiger partial charge >= 0.3 is 0 Å². The summed E-state index contributed by atoms with van der Waals surface area (Å²) in [5.74, 6) is -0.0625. The van der Waals surface area contributed by atoms with Gasteiger partial charge in [-0.25, -0.2) is 0 Å². The summed E-state index contributed by atoms with van der Waals surface area (Å²) < 4.78 is 0. The third kappa shape index (κ3) is 1.96. The number of aromatic nitrogens is 1. The number of aryl methyl sites for hydroxylation is 1. The summed E-state index contributed by atoms with van der Waals surface area (Å²) in [7, 11) is 0. The van der Waals surface area contributed by atoms with Crippen LogP contribution in [0.2, 0.25) is 5.02 Å². The maximum Gasteiger partial charge on any atom is 0.195 e. The lowest BCUT2D eigenvalue weighted by Crippen LogP contribution is -2.02. The normalized spacial score (nSPS) is 10.9. The Labute approximate surface area is 121 Å². The Bertz CT molecular complexity index is 820. The Balaban J connectivity index is 2.15. The molecule has 2 aromatic carbocycles. The van der Waals surface area contributed by atoms with Crippen molar-refractivity contribution in [2.45, 2.75) is 6.92 Å². The van der Waals surface area contributed by atoms with Gasteiger partial charge in [-0.3, -0.25) is 4.79 Å². The van der Waals surface area contributed by atoms with Crippen molar-refractivity contribution in [3.05, 3.63) is 64.3 Å². The van der Waals surface area contributed by atoms with Gasteiger partial charge in [-0.05, 0) is 42.8 Å². The minimum atomic E-state index is -0.0625. The van der Waals surface area contributed by atoms with Crippen molar-refractivity contribution in [2.75, 3.05) is 5.73 Å². The molecule has 0 aliphatic heterocycles. The Morgan fingerprint density at radius 1 is 1.25 bits per heavy atom. The summed E-state index contributed by atoms with van der Waals surface area (Å²) in [5, 5.41) is 1.33. The van der Waals surface area contributed by atoms with Crippen molar-refractivity contribution in [1.82, 2.24) is 4.98 Å². The number of ketones is 1. The quantitative estimate of drug-likeness (QED) is 0.553.